The van der Waals surface area contributed by atoms with Crippen LogP contribution in [0.3, 0.4) is 0 Å². The maximum atomic E-state index is 11.8. The van der Waals surface area contributed by atoms with E-state index in [0.29, 0.717) is 0 Å². The van der Waals surface area contributed by atoms with Gasteiger partial charge in [-0.05, 0) is 13.3 Å². The van der Waals surface area contributed by atoms with Crippen molar-refractivity contribution in [3.8, 4) is 0 Å². The number of hydrogen-bond donors (Lipinski definition) is 3. The third-order valence-electron chi connectivity index (χ3n) is 3.10. The average Bonchev–Trinajstić information content (AvgIpc) is 2.67. The molecule has 1 aliphatic rings. The molecule has 1 saturated heterocycles. The number of likely N-dealkylation sites (tertiary alicyclic amines) is 1. The van der Waals surface area contributed by atoms with Crippen molar-refractivity contribution in [1.29, 1.82) is 0 Å². The molecule has 0 spiro atoms. The smallest absolute Gasteiger partial charge is 0.326 e. The van der Waals surface area contributed by atoms with E-state index in [2.05, 4.69) is 5.32 Å². The molecule has 1 heterocycles. The molecule has 1 fully saturated rings. The van der Waals surface area contributed by atoms with Gasteiger partial charge >= 0.3 is 5.97 Å². The second-order valence-electron chi connectivity index (χ2n) is 4.48. The van der Waals surface area contributed by atoms with Gasteiger partial charge in [0.1, 0.15) is 6.04 Å². The van der Waals surface area contributed by atoms with Gasteiger partial charge in [0.2, 0.25) is 5.91 Å². The lowest BCUT2D eigenvalue weighted by molar-refractivity contribution is -0.147. The van der Waals surface area contributed by atoms with Crippen molar-refractivity contribution in [1.82, 2.24) is 10.2 Å². The number of amides is 1. The Kier molecular flexibility index (Phi) is 4.89. The average molecular weight is 244 g/mol. The van der Waals surface area contributed by atoms with Crippen LogP contribution in [0.4, 0.5) is 0 Å². The van der Waals surface area contributed by atoms with Crippen LogP contribution in [0.2, 0.25) is 0 Å². The number of β-amino-alcohol motifs (C(OH)–C–C–N with tert-alkyl or cyclic N) is 1. The number of carbonyl (C=O) groups is 2. The first-order valence-electron chi connectivity index (χ1n) is 5.89. The van der Waals surface area contributed by atoms with E-state index in [1.807, 2.05) is 13.8 Å². The maximum absolute atomic E-state index is 11.8. The van der Waals surface area contributed by atoms with E-state index in [9.17, 15) is 14.7 Å². The molecule has 1 amide bonds. The fraction of sp³-hybridized carbons (Fsp3) is 0.818. The van der Waals surface area contributed by atoms with Gasteiger partial charge in [0.15, 0.2) is 0 Å². The van der Waals surface area contributed by atoms with Gasteiger partial charge in [0.05, 0.1) is 12.6 Å². The van der Waals surface area contributed by atoms with Crippen LogP contribution in [0.5, 0.6) is 0 Å². The van der Waals surface area contributed by atoms with Crippen molar-refractivity contribution in [2.45, 2.75) is 44.9 Å². The number of carboxylic acids is 1. The zero-order chi connectivity index (χ0) is 13.0. The Bertz CT molecular complexity index is 295. The summed E-state index contributed by atoms with van der Waals surface area (Å²) < 4.78 is 0. The molecule has 0 radical (unpaired) electrons. The molecule has 0 aromatic heterocycles. The summed E-state index contributed by atoms with van der Waals surface area (Å²) in [6, 6.07) is -0.675. The van der Waals surface area contributed by atoms with Gasteiger partial charge in [-0.2, -0.15) is 0 Å². The van der Waals surface area contributed by atoms with Crippen molar-refractivity contribution in [2.75, 3.05) is 13.1 Å². The largest absolute Gasteiger partial charge is 0.480 e. The van der Waals surface area contributed by atoms with Crippen molar-refractivity contribution < 1.29 is 19.8 Å². The Hall–Kier alpha value is -1.14. The predicted molar refractivity (Wildman–Crippen MR) is 61.5 cm³/mol. The minimum absolute atomic E-state index is 0.109. The standard InChI is InChI=1S/C11H20N2O4/c1-3-7(2)12-5-10(15)13-6-8(14)4-9(13)11(16)17/h7-9,12,14H,3-6H2,1-2H3,(H,16,17)/t7?,8-,9-/m1/s1. The highest BCUT2D eigenvalue weighted by Gasteiger charge is 2.38. The van der Waals surface area contributed by atoms with Crippen molar-refractivity contribution >= 4 is 11.9 Å². The molecule has 1 rings (SSSR count). The van der Waals surface area contributed by atoms with E-state index in [4.69, 9.17) is 5.11 Å². The predicted octanol–water partition coefficient (Wildman–Crippen LogP) is -0.579. The number of nitrogens with zero attached hydrogens (tertiary/aromatic N) is 1. The van der Waals surface area contributed by atoms with Crippen LogP contribution in [-0.4, -0.2) is 58.3 Å². The summed E-state index contributed by atoms with van der Waals surface area (Å²) in [5.74, 6) is -1.33. The molecule has 0 aromatic carbocycles. The number of aliphatic carboxylic acids is 1. The van der Waals surface area contributed by atoms with Gasteiger partial charge in [-0.1, -0.05) is 6.92 Å². The summed E-state index contributed by atoms with van der Waals surface area (Å²) in [7, 11) is 0. The maximum Gasteiger partial charge on any atom is 0.326 e. The Balaban J connectivity index is 2.52. The summed E-state index contributed by atoms with van der Waals surface area (Å²) >= 11 is 0. The Morgan fingerprint density at radius 1 is 1.53 bits per heavy atom. The Morgan fingerprint density at radius 3 is 2.71 bits per heavy atom. The number of aliphatic hydroxyl groups is 1. The van der Waals surface area contributed by atoms with Crippen LogP contribution in [0.1, 0.15) is 26.7 Å². The summed E-state index contributed by atoms with van der Waals surface area (Å²) in [5.41, 5.74) is 0. The van der Waals surface area contributed by atoms with Crippen molar-refractivity contribution in [2.24, 2.45) is 0 Å². The molecule has 3 atom stereocenters. The first kappa shape index (κ1) is 13.9. The molecule has 0 saturated carbocycles. The van der Waals surface area contributed by atoms with Gasteiger partial charge in [-0.3, -0.25) is 4.79 Å². The Labute approximate surface area is 101 Å². The topological polar surface area (TPSA) is 89.9 Å². The van der Waals surface area contributed by atoms with Crippen molar-refractivity contribution in [3.05, 3.63) is 0 Å². The lowest BCUT2D eigenvalue weighted by atomic mass is 10.2. The fourth-order valence-electron chi connectivity index (χ4n) is 1.83. The molecule has 17 heavy (non-hydrogen) atoms. The van der Waals surface area contributed by atoms with Crippen molar-refractivity contribution in [3.63, 3.8) is 0 Å². The molecule has 0 aliphatic carbocycles. The molecule has 3 N–H and O–H groups in total. The quantitative estimate of drug-likeness (QED) is 0.602. The van der Waals surface area contributed by atoms with Gasteiger partial charge < -0.3 is 20.4 Å². The molecule has 98 valence electrons. The monoisotopic (exact) mass is 244 g/mol. The first-order chi connectivity index (χ1) is 7.95. The molecule has 0 aromatic rings. The number of rotatable bonds is 5. The van der Waals surface area contributed by atoms with E-state index < -0.39 is 18.1 Å². The summed E-state index contributed by atoms with van der Waals surface area (Å²) in [5, 5.41) is 21.4. The molecule has 6 nitrogen and oxygen atoms in total. The minimum atomic E-state index is -1.06. The summed E-state index contributed by atoms with van der Waals surface area (Å²) in [4.78, 5) is 24.0. The molecule has 1 aliphatic heterocycles. The van der Waals surface area contributed by atoms with Gasteiger partial charge in [0.25, 0.3) is 0 Å². The Morgan fingerprint density at radius 2 is 2.18 bits per heavy atom. The van der Waals surface area contributed by atoms with Crippen LogP contribution in [0.15, 0.2) is 0 Å². The zero-order valence-corrected chi connectivity index (χ0v) is 10.2. The molecular weight excluding hydrogens is 224 g/mol. The molecule has 6 heteroatoms. The van der Waals surface area contributed by atoms with E-state index in [1.54, 1.807) is 0 Å². The van der Waals surface area contributed by atoms with E-state index in [0.717, 1.165) is 6.42 Å². The number of hydrogen-bond acceptors (Lipinski definition) is 4. The van der Waals surface area contributed by atoms with E-state index in [1.165, 1.54) is 4.90 Å². The van der Waals surface area contributed by atoms with Crippen LogP contribution in [0.25, 0.3) is 0 Å². The third-order valence-corrected chi connectivity index (χ3v) is 3.10. The second-order valence-corrected chi connectivity index (χ2v) is 4.48. The highest BCUT2D eigenvalue weighted by Crippen LogP contribution is 2.18. The summed E-state index contributed by atoms with van der Waals surface area (Å²) in [6.07, 6.45) is 0.284. The lowest BCUT2D eigenvalue weighted by Crippen LogP contribution is -2.46. The number of aliphatic hydroxyl groups excluding tert-OH is 1. The van der Waals surface area contributed by atoms with Crippen LogP contribution >= 0.6 is 0 Å². The number of carboxylic acid groups (broad SMARTS) is 1. The first-order valence-corrected chi connectivity index (χ1v) is 5.89. The molecular formula is C11H20N2O4. The number of carbonyl (C=O) groups excluding carboxylic acids is 1. The van der Waals surface area contributed by atoms with Crippen LogP contribution < -0.4 is 5.32 Å². The second kappa shape index (κ2) is 5.97. The lowest BCUT2D eigenvalue weighted by Gasteiger charge is -2.22. The SMILES string of the molecule is CCC(C)NCC(=O)N1C[C@H](O)C[C@@H]1C(=O)O. The third kappa shape index (κ3) is 3.67. The highest BCUT2D eigenvalue weighted by molar-refractivity contribution is 5.85. The zero-order valence-electron chi connectivity index (χ0n) is 10.2. The minimum Gasteiger partial charge on any atom is -0.480 e. The van der Waals surface area contributed by atoms with E-state index >= 15 is 0 Å². The number of nitrogens with one attached hydrogen (secondary N) is 1. The summed E-state index contributed by atoms with van der Waals surface area (Å²) in [6.45, 7) is 4.19. The van der Waals surface area contributed by atoms with Gasteiger partial charge in [0, 0.05) is 19.0 Å². The molecule has 0 bridgehead atoms. The van der Waals surface area contributed by atoms with Crippen LogP contribution in [-0.2, 0) is 9.59 Å². The van der Waals surface area contributed by atoms with E-state index in [-0.39, 0.29) is 31.5 Å². The van der Waals surface area contributed by atoms with Gasteiger partial charge in [-0.15, -0.1) is 0 Å². The van der Waals surface area contributed by atoms with Crippen LogP contribution in [0, 0.1) is 0 Å². The van der Waals surface area contributed by atoms with Gasteiger partial charge in [-0.25, -0.2) is 4.79 Å². The highest BCUT2D eigenvalue weighted by atomic mass is 16.4. The molecule has 1 unspecified atom stereocenters. The fourth-order valence-corrected chi connectivity index (χ4v) is 1.83. The normalized spacial score (nSPS) is 25.9.